The Kier molecular flexibility index (Phi) is 4.28. The molecule has 0 radical (unpaired) electrons. The zero-order valence-corrected chi connectivity index (χ0v) is 13.1. The number of hydrogen-bond donors (Lipinski definition) is 1. The summed E-state index contributed by atoms with van der Waals surface area (Å²) in [7, 11) is 2.10. The molecule has 0 saturated carbocycles. The van der Waals surface area contributed by atoms with E-state index >= 15 is 0 Å². The van der Waals surface area contributed by atoms with Crippen molar-refractivity contribution in [1.82, 2.24) is 24.9 Å². The summed E-state index contributed by atoms with van der Waals surface area (Å²) in [6.45, 7) is 11.2. The van der Waals surface area contributed by atoms with Gasteiger partial charge in [-0.2, -0.15) is 10.2 Å². The van der Waals surface area contributed by atoms with Gasteiger partial charge in [-0.3, -0.25) is 14.7 Å². The van der Waals surface area contributed by atoms with Gasteiger partial charge in [0.25, 0.3) is 0 Å². The van der Waals surface area contributed by atoms with Gasteiger partial charge in [-0.05, 0) is 26.1 Å². The summed E-state index contributed by atoms with van der Waals surface area (Å²) >= 11 is 0. The van der Waals surface area contributed by atoms with Crippen LogP contribution in [0, 0.1) is 0 Å². The molecule has 5 heteroatoms. The Balaban J connectivity index is 1.94. The van der Waals surface area contributed by atoms with E-state index < -0.39 is 0 Å². The molecule has 5 nitrogen and oxygen atoms in total. The average Bonchev–Trinajstić information content (AvgIpc) is 2.97. The second-order valence-electron chi connectivity index (χ2n) is 6.36. The minimum Gasteiger partial charge on any atom is -0.295 e. The number of aryl methyl sites for hydroxylation is 1. The first-order chi connectivity index (χ1) is 9.38. The lowest BCUT2D eigenvalue weighted by Gasteiger charge is -2.15. The van der Waals surface area contributed by atoms with Gasteiger partial charge < -0.3 is 0 Å². The molecule has 0 amide bonds. The Morgan fingerprint density at radius 1 is 1.30 bits per heavy atom. The van der Waals surface area contributed by atoms with Crippen LogP contribution in [-0.4, -0.2) is 31.9 Å². The molecule has 0 saturated heterocycles. The van der Waals surface area contributed by atoms with Crippen LogP contribution in [0.1, 0.15) is 44.8 Å². The summed E-state index contributed by atoms with van der Waals surface area (Å²) in [5, 5.41) is 12.0. The molecule has 1 N–H and O–H groups in total. The number of H-pyrrole nitrogens is 1. The SMILES string of the molecule is CCn1ccc(CN(C)Cc2cc(C(C)(C)C)n[nH]2)n1. The highest BCUT2D eigenvalue weighted by atomic mass is 15.3. The van der Waals surface area contributed by atoms with Crippen molar-refractivity contribution in [3.63, 3.8) is 0 Å². The summed E-state index contributed by atoms with van der Waals surface area (Å²) in [5.74, 6) is 0. The lowest BCUT2D eigenvalue weighted by atomic mass is 9.92. The lowest BCUT2D eigenvalue weighted by molar-refractivity contribution is 0.309. The monoisotopic (exact) mass is 275 g/mol. The molecule has 0 aliphatic rings. The molecule has 110 valence electrons. The highest BCUT2D eigenvalue weighted by molar-refractivity contribution is 5.16. The number of rotatable bonds is 5. The van der Waals surface area contributed by atoms with Crippen molar-refractivity contribution in [2.45, 2.75) is 52.7 Å². The van der Waals surface area contributed by atoms with Crippen LogP contribution in [0.15, 0.2) is 18.3 Å². The predicted octanol–water partition coefficient (Wildman–Crippen LogP) is 2.56. The van der Waals surface area contributed by atoms with E-state index in [4.69, 9.17) is 0 Å². The predicted molar refractivity (Wildman–Crippen MR) is 80.4 cm³/mol. The standard InChI is InChI=1S/C15H25N5/c1-6-20-8-7-12(18-20)10-19(5)11-13-9-14(17-16-13)15(2,3)4/h7-9H,6,10-11H2,1-5H3,(H,16,17). The maximum absolute atomic E-state index is 4.50. The van der Waals surface area contributed by atoms with Crippen LogP contribution in [0.3, 0.4) is 0 Å². The molecule has 0 fully saturated rings. The summed E-state index contributed by atoms with van der Waals surface area (Å²) < 4.78 is 1.96. The van der Waals surface area contributed by atoms with Gasteiger partial charge in [-0.15, -0.1) is 0 Å². The van der Waals surface area contributed by atoms with Crippen molar-refractivity contribution in [3.05, 3.63) is 35.4 Å². The molecule has 0 aliphatic heterocycles. The Morgan fingerprint density at radius 2 is 2.05 bits per heavy atom. The molecule has 0 spiro atoms. The van der Waals surface area contributed by atoms with Crippen molar-refractivity contribution in [3.8, 4) is 0 Å². The highest BCUT2D eigenvalue weighted by Gasteiger charge is 2.17. The van der Waals surface area contributed by atoms with E-state index in [9.17, 15) is 0 Å². The van der Waals surface area contributed by atoms with E-state index in [1.54, 1.807) is 0 Å². The Morgan fingerprint density at radius 3 is 2.60 bits per heavy atom. The fourth-order valence-electron chi connectivity index (χ4n) is 2.11. The molecule has 2 heterocycles. The first-order valence-corrected chi connectivity index (χ1v) is 7.14. The molecule has 0 bridgehead atoms. The fourth-order valence-corrected chi connectivity index (χ4v) is 2.11. The topological polar surface area (TPSA) is 49.7 Å². The summed E-state index contributed by atoms with van der Waals surface area (Å²) in [4.78, 5) is 2.24. The van der Waals surface area contributed by atoms with Crippen LogP contribution in [0.2, 0.25) is 0 Å². The quantitative estimate of drug-likeness (QED) is 0.912. The van der Waals surface area contributed by atoms with Crippen molar-refractivity contribution in [1.29, 1.82) is 0 Å². The van der Waals surface area contributed by atoms with Crippen molar-refractivity contribution < 1.29 is 0 Å². The second kappa shape index (κ2) is 5.79. The van der Waals surface area contributed by atoms with E-state index in [1.165, 1.54) is 0 Å². The number of aromatic amines is 1. The van der Waals surface area contributed by atoms with E-state index in [-0.39, 0.29) is 5.41 Å². The van der Waals surface area contributed by atoms with Crippen LogP contribution in [-0.2, 0) is 25.0 Å². The van der Waals surface area contributed by atoms with Crippen molar-refractivity contribution in [2.75, 3.05) is 7.05 Å². The maximum atomic E-state index is 4.50. The van der Waals surface area contributed by atoms with Crippen LogP contribution in [0.4, 0.5) is 0 Å². The summed E-state index contributed by atoms with van der Waals surface area (Å²) in [6.07, 6.45) is 2.02. The van der Waals surface area contributed by atoms with Gasteiger partial charge in [0.2, 0.25) is 0 Å². The third kappa shape index (κ3) is 3.70. The van der Waals surface area contributed by atoms with Gasteiger partial charge in [0, 0.05) is 36.9 Å². The van der Waals surface area contributed by atoms with Crippen molar-refractivity contribution >= 4 is 0 Å². The summed E-state index contributed by atoms with van der Waals surface area (Å²) in [6, 6.07) is 4.23. The van der Waals surface area contributed by atoms with E-state index in [2.05, 4.69) is 67.1 Å². The molecular weight excluding hydrogens is 250 g/mol. The number of nitrogens with zero attached hydrogens (tertiary/aromatic N) is 4. The number of aromatic nitrogens is 4. The second-order valence-corrected chi connectivity index (χ2v) is 6.36. The molecular formula is C15H25N5. The van der Waals surface area contributed by atoms with E-state index in [1.807, 2.05) is 10.9 Å². The third-order valence-corrected chi connectivity index (χ3v) is 3.29. The van der Waals surface area contributed by atoms with Gasteiger partial charge in [-0.1, -0.05) is 20.8 Å². The average molecular weight is 275 g/mol. The first-order valence-electron chi connectivity index (χ1n) is 7.14. The van der Waals surface area contributed by atoms with E-state index in [0.29, 0.717) is 0 Å². The Hall–Kier alpha value is -1.62. The minimum atomic E-state index is 0.0905. The molecule has 20 heavy (non-hydrogen) atoms. The number of hydrogen-bond acceptors (Lipinski definition) is 3. The van der Waals surface area contributed by atoms with Crippen molar-refractivity contribution in [2.24, 2.45) is 0 Å². The van der Waals surface area contributed by atoms with Crippen LogP contribution < -0.4 is 0 Å². The molecule has 2 aromatic rings. The van der Waals surface area contributed by atoms with Crippen LogP contribution in [0.25, 0.3) is 0 Å². The van der Waals surface area contributed by atoms with E-state index in [0.717, 1.165) is 36.7 Å². The minimum absolute atomic E-state index is 0.0905. The van der Waals surface area contributed by atoms with Gasteiger partial charge in [0.05, 0.1) is 11.4 Å². The van der Waals surface area contributed by atoms with Gasteiger partial charge >= 0.3 is 0 Å². The Labute approximate surface area is 121 Å². The molecule has 2 rings (SSSR count). The molecule has 2 aromatic heterocycles. The molecule has 0 atom stereocenters. The number of nitrogens with one attached hydrogen (secondary N) is 1. The van der Waals surface area contributed by atoms with Gasteiger partial charge in [-0.25, -0.2) is 0 Å². The van der Waals surface area contributed by atoms with Gasteiger partial charge in [0.15, 0.2) is 0 Å². The molecule has 0 unspecified atom stereocenters. The van der Waals surface area contributed by atoms with Crippen LogP contribution in [0.5, 0.6) is 0 Å². The third-order valence-electron chi connectivity index (χ3n) is 3.29. The normalized spacial score (nSPS) is 12.3. The fraction of sp³-hybridized carbons (Fsp3) is 0.600. The zero-order valence-electron chi connectivity index (χ0n) is 13.1. The van der Waals surface area contributed by atoms with Crippen LogP contribution >= 0.6 is 0 Å². The molecule has 0 aliphatic carbocycles. The molecule has 0 aromatic carbocycles. The lowest BCUT2D eigenvalue weighted by Crippen LogP contribution is -2.18. The largest absolute Gasteiger partial charge is 0.295 e. The highest BCUT2D eigenvalue weighted by Crippen LogP contribution is 2.20. The summed E-state index contributed by atoms with van der Waals surface area (Å²) in [5.41, 5.74) is 3.45. The smallest absolute Gasteiger partial charge is 0.0764 e. The Bertz CT molecular complexity index is 547. The first kappa shape index (κ1) is 14.8. The maximum Gasteiger partial charge on any atom is 0.0764 e. The zero-order chi connectivity index (χ0) is 14.8. The van der Waals surface area contributed by atoms with Gasteiger partial charge in [0.1, 0.15) is 0 Å².